The van der Waals surface area contributed by atoms with Crippen LogP contribution in [0.3, 0.4) is 0 Å². The molecule has 0 bridgehead atoms. The minimum absolute atomic E-state index is 0.102. The molecule has 0 aliphatic carbocycles. The number of rotatable bonds is 1. The maximum atomic E-state index is 13.0. The van der Waals surface area contributed by atoms with E-state index in [4.69, 9.17) is 0 Å². The maximum absolute atomic E-state index is 13.0. The maximum Gasteiger partial charge on any atom is 0.129 e. The first-order chi connectivity index (χ1) is 6.61. The van der Waals surface area contributed by atoms with Gasteiger partial charge in [-0.25, -0.2) is 4.39 Å². The summed E-state index contributed by atoms with van der Waals surface area (Å²) in [6, 6.07) is 0.102. The van der Waals surface area contributed by atoms with Gasteiger partial charge in [-0.3, -0.25) is 0 Å². The van der Waals surface area contributed by atoms with Gasteiger partial charge in [0.05, 0.1) is 6.04 Å². The minimum Gasteiger partial charge on any atom is -0.302 e. The fourth-order valence-corrected chi connectivity index (χ4v) is 1.41. The van der Waals surface area contributed by atoms with Crippen molar-refractivity contribution in [1.29, 1.82) is 0 Å². The lowest BCUT2D eigenvalue weighted by Gasteiger charge is -2.19. The summed E-state index contributed by atoms with van der Waals surface area (Å²) in [4.78, 5) is 3.98. The van der Waals surface area contributed by atoms with Gasteiger partial charge in [0.25, 0.3) is 0 Å². The Morgan fingerprint density at radius 1 is 1.07 bits per heavy atom. The van der Waals surface area contributed by atoms with Gasteiger partial charge in [0.15, 0.2) is 0 Å². The smallest absolute Gasteiger partial charge is 0.129 e. The number of hydrogen-bond donors (Lipinski definition) is 0. The van der Waals surface area contributed by atoms with Crippen LogP contribution >= 0.6 is 0 Å². The van der Waals surface area contributed by atoms with Crippen molar-refractivity contribution in [1.82, 2.24) is 9.80 Å². The molecule has 2 nitrogen and oxygen atoms in total. The predicted octanol–water partition coefficient (Wildman–Crippen LogP) is 2.25. The van der Waals surface area contributed by atoms with E-state index in [0.717, 1.165) is 6.54 Å². The average Bonchev–Trinajstić information content (AvgIpc) is 2.52. The summed E-state index contributed by atoms with van der Waals surface area (Å²) in [5.41, 5.74) is 0. The molecule has 88 valence electrons. The van der Waals surface area contributed by atoms with Crippen molar-refractivity contribution in [2.24, 2.45) is 0 Å². The van der Waals surface area contributed by atoms with E-state index in [9.17, 15) is 4.39 Å². The van der Waals surface area contributed by atoms with Crippen molar-refractivity contribution in [3.8, 4) is 0 Å². The van der Waals surface area contributed by atoms with Gasteiger partial charge in [-0.15, -0.1) is 0 Å². The SMILES string of the molecule is CC.CC.CN1CC(F)C(N(C)C)C1. The number of alkyl halides is 1. The number of likely N-dealkylation sites (N-methyl/N-ethyl adjacent to an activating group) is 2. The zero-order chi connectivity index (χ0) is 11.7. The van der Waals surface area contributed by atoms with Crippen LogP contribution < -0.4 is 0 Å². The summed E-state index contributed by atoms with van der Waals surface area (Å²) >= 11 is 0. The minimum atomic E-state index is -0.667. The van der Waals surface area contributed by atoms with Crippen LogP contribution in [0.5, 0.6) is 0 Å². The molecule has 1 rings (SSSR count). The van der Waals surface area contributed by atoms with Gasteiger partial charge in [-0.05, 0) is 21.1 Å². The zero-order valence-electron chi connectivity index (χ0n) is 10.8. The van der Waals surface area contributed by atoms with E-state index in [0.29, 0.717) is 6.54 Å². The Balaban J connectivity index is 0. The first kappa shape index (κ1) is 16.3. The van der Waals surface area contributed by atoms with Crippen LogP contribution in [0.15, 0.2) is 0 Å². The second kappa shape index (κ2) is 9.41. The van der Waals surface area contributed by atoms with Crippen LogP contribution in [-0.4, -0.2) is 56.2 Å². The Labute approximate surface area is 89.1 Å². The highest BCUT2D eigenvalue weighted by atomic mass is 19.1. The second-order valence-electron chi connectivity index (χ2n) is 3.27. The van der Waals surface area contributed by atoms with Crippen LogP contribution in [-0.2, 0) is 0 Å². The number of halogens is 1. The quantitative estimate of drug-likeness (QED) is 0.649. The molecule has 0 aromatic carbocycles. The molecule has 0 aromatic rings. The first-order valence-corrected chi connectivity index (χ1v) is 5.60. The molecule has 2 unspecified atom stereocenters. The molecule has 0 aromatic heterocycles. The number of likely N-dealkylation sites (tertiary alicyclic amines) is 1. The third kappa shape index (κ3) is 5.55. The van der Waals surface area contributed by atoms with Crippen molar-refractivity contribution < 1.29 is 4.39 Å². The molecule has 14 heavy (non-hydrogen) atoms. The van der Waals surface area contributed by atoms with Crippen LogP contribution in [0.1, 0.15) is 27.7 Å². The van der Waals surface area contributed by atoms with Crippen LogP contribution in [0.25, 0.3) is 0 Å². The Hall–Kier alpha value is -0.150. The molecule has 2 atom stereocenters. The van der Waals surface area contributed by atoms with E-state index in [1.54, 1.807) is 0 Å². The van der Waals surface area contributed by atoms with Gasteiger partial charge in [0.1, 0.15) is 6.17 Å². The molecule has 1 heterocycles. The summed E-state index contributed by atoms with van der Waals surface area (Å²) in [6.07, 6.45) is -0.667. The van der Waals surface area contributed by atoms with Crippen molar-refractivity contribution in [3.05, 3.63) is 0 Å². The highest BCUT2D eigenvalue weighted by molar-refractivity contribution is 4.87. The van der Waals surface area contributed by atoms with Gasteiger partial charge in [0.2, 0.25) is 0 Å². The standard InChI is InChI=1S/C7H15FN2.2C2H6/c1-9(2)7-5-10(3)4-6(7)8;2*1-2/h6-7H,4-5H2,1-3H3;2*1-2H3. The fourth-order valence-electron chi connectivity index (χ4n) is 1.41. The highest BCUT2D eigenvalue weighted by Crippen LogP contribution is 2.14. The van der Waals surface area contributed by atoms with E-state index in [1.165, 1.54) is 0 Å². The van der Waals surface area contributed by atoms with E-state index in [-0.39, 0.29) is 6.04 Å². The Bertz CT molecular complexity index is 118. The summed E-state index contributed by atoms with van der Waals surface area (Å²) in [5.74, 6) is 0. The zero-order valence-corrected chi connectivity index (χ0v) is 10.8. The number of hydrogen-bond acceptors (Lipinski definition) is 2. The lowest BCUT2D eigenvalue weighted by molar-refractivity contribution is 0.202. The van der Waals surface area contributed by atoms with Crippen molar-refractivity contribution in [3.63, 3.8) is 0 Å². The highest BCUT2D eigenvalue weighted by Gasteiger charge is 2.31. The lowest BCUT2D eigenvalue weighted by atomic mass is 10.2. The molecule has 0 radical (unpaired) electrons. The third-order valence-corrected chi connectivity index (χ3v) is 2.07. The molecule has 0 amide bonds. The second-order valence-corrected chi connectivity index (χ2v) is 3.27. The Kier molecular flexibility index (Phi) is 10.9. The molecular weight excluding hydrogens is 179 g/mol. The predicted molar refractivity (Wildman–Crippen MR) is 62.6 cm³/mol. The fraction of sp³-hybridized carbons (Fsp3) is 1.00. The van der Waals surface area contributed by atoms with Gasteiger partial charge in [-0.1, -0.05) is 27.7 Å². The molecule has 1 aliphatic rings. The summed E-state index contributed by atoms with van der Waals surface area (Å²) < 4.78 is 13.0. The molecular formula is C11H27FN2. The van der Waals surface area contributed by atoms with Crippen LogP contribution in [0.4, 0.5) is 4.39 Å². The average molecular weight is 206 g/mol. The third-order valence-electron chi connectivity index (χ3n) is 2.07. The summed E-state index contributed by atoms with van der Waals surface area (Å²) in [6.45, 7) is 9.44. The number of nitrogens with zero attached hydrogens (tertiary/aromatic N) is 2. The van der Waals surface area contributed by atoms with Gasteiger partial charge in [0, 0.05) is 13.1 Å². The van der Waals surface area contributed by atoms with Crippen molar-refractivity contribution in [2.45, 2.75) is 39.9 Å². The lowest BCUT2D eigenvalue weighted by Crippen LogP contribution is -2.35. The van der Waals surface area contributed by atoms with Gasteiger partial charge in [-0.2, -0.15) is 0 Å². The van der Waals surface area contributed by atoms with Crippen molar-refractivity contribution >= 4 is 0 Å². The largest absolute Gasteiger partial charge is 0.302 e. The van der Waals surface area contributed by atoms with E-state index in [1.807, 2.05) is 58.6 Å². The molecule has 0 spiro atoms. The van der Waals surface area contributed by atoms with E-state index < -0.39 is 6.17 Å². The van der Waals surface area contributed by atoms with Gasteiger partial charge >= 0.3 is 0 Å². The molecule has 1 fully saturated rings. The Morgan fingerprint density at radius 2 is 1.50 bits per heavy atom. The molecule has 3 heteroatoms. The molecule has 1 saturated heterocycles. The first-order valence-electron chi connectivity index (χ1n) is 5.60. The molecule has 0 N–H and O–H groups in total. The summed E-state index contributed by atoms with van der Waals surface area (Å²) in [7, 11) is 5.81. The van der Waals surface area contributed by atoms with E-state index in [2.05, 4.69) is 0 Å². The van der Waals surface area contributed by atoms with E-state index >= 15 is 0 Å². The molecule has 0 saturated carbocycles. The topological polar surface area (TPSA) is 6.48 Å². The molecule has 1 aliphatic heterocycles. The summed E-state index contributed by atoms with van der Waals surface area (Å²) in [5, 5.41) is 0. The normalized spacial score (nSPS) is 26.4. The van der Waals surface area contributed by atoms with Gasteiger partial charge < -0.3 is 9.80 Å². The van der Waals surface area contributed by atoms with Crippen LogP contribution in [0, 0.1) is 0 Å². The Morgan fingerprint density at radius 3 is 1.64 bits per heavy atom. The monoisotopic (exact) mass is 206 g/mol. The van der Waals surface area contributed by atoms with Crippen LogP contribution in [0.2, 0.25) is 0 Å². The van der Waals surface area contributed by atoms with Crippen molar-refractivity contribution in [2.75, 3.05) is 34.2 Å².